The van der Waals surface area contributed by atoms with E-state index in [2.05, 4.69) is 20.8 Å². The van der Waals surface area contributed by atoms with Gasteiger partial charge < -0.3 is 15.0 Å². The Hall–Kier alpha value is -3.54. The average Bonchev–Trinajstić information content (AvgIpc) is 2.95. The summed E-state index contributed by atoms with van der Waals surface area (Å²) in [5, 5.41) is 7.89. The van der Waals surface area contributed by atoms with E-state index in [4.69, 9.17) is 4.74 Å². The summed E-state index contributed by atoms with van der Waals surface area (Å²) in [6, 6.07) is 14.0. The van der Waals surface area contributed by atoms with Gasteiger partial charge in [-0.1, -0.05) is 24.3 Å². The Balaban J connectivity index is 0.000000176. The maximum atomic E-state index is 10.8. The molecular formula is C22H24N4O2. The van der Waals surface area contributed by atoms with Crippen molar-refractivity contribution in [1.29, 1.82) is 0 Å². The van der Waals surface area contributed by atoms with Crippen LogP contribution in [0, 0.1) is 0 Å². The van der Waals surface area contributed by atoms with Crippen LogP contribution in [0.3, 0.4) is 0 Å². The molecule has 0 fully saturated rings. The number of H-pyrrole nitrogens is 1. The number of aromatic amines is 1. The van der Waals surface area contributed by atoms with Crippen molar-refractivity contribution in [2.24, 2.45) is 5.10 Å². The van der Waals surface area contributed by atoms with Crippen LogP contribution in [0.1, 0.15) is 18.1 Å². The van der Waals surface area contributed by atoms with Crippen LogP contribution in [0.2, 0.25) is 0 Å². The first-order chi connectivity index (χ1) is 13.7. The van der Waals surface area contributed by atoms with E-state index in [1.807, 2.05) is 60.8 Å². The molecule has 0 radical (unpaired) electrons. The molecule has 1 amide bonds. The van der Waals surface area contributed by atoms with Crippen LogP contribution in [-0.4, -0.2) is 30.8 Å². The van der Waals surface area contributed by atoms with Gasteiger partial charge in [0.05, 0.1) is 12.8 Å². The van der Waals surface area contributed by atoms with E-state index in [1.54, 1.807) is 13.3 Å². The lowest BCUT2D eigenvalue weighted by atomic mass is 10.1. The van der Waals surface area contributed by atoms with Crippen LogP contribution < -0.4 is 15.5 Å². The number of rotatable bonds is 4. The number of hydrogen-bond acceptors (Lipinski definition) is 4. The Bertz CT molecular complexity index is 1000. The molecular weight excluding hydrogens is 352 g/mol. The van der Waals surface area contributed by atoms with E-state index >= 15 is 0 Å². The summed E-state index contributed by atoms with van der Waals surface area (Å²) in [5.74, 6) is 0.847. The Morgan fingerprint density at radius 3 is 2.89 bits per heavy atom. The molecule has 0 atom stereocenters. The lowest BCUT2D eigenvalue weighted by Crippen LogP contribution is -2.22. The number of fused-ring (bicyclic) bond motifs is 2. The first-order valence-electron chi connectivity index (χ1n) is 9.10. The zero-order valence-corrected chi connectivity index (χ0v) is 16.0. The maximum Gasteiger partial charge on any atom is 0.216 e. The minimum absolute atomic E-state index is 0.00224. The van der Waals surface area contributed by atoms with Gasteiger partial charge in [-0.05, 0) is 47.9 Å². The number of amides is 1. The van der Waals surface area contributed by atoms with Crippen LogP contribution in [-0.2, 0) is 11.2 Å². The van der Waals surface area contributed by atoms with Crippen molar-refractivity contribution in [3.05, 3.63) is 65.9 Å². The van der Waals surface area contributed by atoms with Gasteiger partial charge in [0, 0.05) is 36.8 Å². The third-order valence-corrected chi connectivity index (χ3v) is 4.33. The standard InChI is InChI=1S/C13H16N2O2.C9H8N2/c1-9(16)14-6-5-10-8-15-13-4-3-11(17-2)7-12(10)13;1-2-6-9-8(4-1)5-3-7-10-11-9/h3-4,7-8,15H,5-6H2,1-2H3,(H,14,16);1-7,11H. The normalized spacial score (nSPS) is 11.6. The van der Waals surface area contributed by atoms with Gasteiger partial charge in [-0.25, -0.2) is 0 Å². The first-order valence-corrected chi connectivity index (χ1v) is 9.10. The highest BCUT2D eigenvalue weighted by molar-refractivity contribution is 5.85. The predicted molar refractivity (Wildman–Crippen MR) is 115 cm³/mol. The van der Waals surface area contributed by atoms with Crippen molar-refractivity contribution in [3.63, 3.8) is 0 Å². The summed E-state index contributed by atoms with van der Waals surface area (Å²) in [7, 11) is 1.66. The minimum Gasteiger partial charge on any atom is -0.497 e. The number of benzene rings is 2. The molecule has 28 heavy (non-hydrogen) atoms. The van der Waals surface area contributed by atoms with Gasteiger partial charge in [0.1, 0.15) is 5.75 Å². The highest BCUT2D eigenvalue weighted by Gasteiger charge is 2.05. The largest absolute Gasteiger partial charge is 0.497 e. The van der Waals surface area contributed by atoms with Crippen LogP contribution in [0.15, 0.2) is 59.8 Å². The lowest BCUT2D eigenvalue weighted by molar-refractivity contribution is -0.118. The summed E-state index contributed by atoms with van der Waals surface area (Å²) >= 11 is 0. The molecule has 0 bridgehead atoms. The van der Waals surface area contributed by atoms with E-state index in [1.165, 1.54) is 18.1 Å². The summed E-state index contributed by atoms with van der Waals surface area (Å²) in [4.78, 5) is 14.0. The smallest absolute Gasteiger partial charge is 0.216 e. The number of nitrogens with zero attached hydrogens (tertiary/aromatic N) is 1. The number of ether oxygens (including phenoxy) is 1. The van der Waals surface area contributed by atoms with Gasteiger partial charge in [-0.2, -0.15) is 5.10 Å². The van der Waals surface area contributed by atoms with Crippen LogP contribution in [0.25, 0.3) is 17.0 Å². The van der Waals surface area contributed by atoms with Crippen LogP contribution in [0.4, 0.5) is 5.69 Å². The highest BCUT2D eigenvalue weighted by Crippen LogP contribution is 2.23. The molecule has 0 unspecified atom stereocenters. The molecule has 0 spiro atoms. The number of aromatic nitrogens is 1. The number of nitrogens with one attached hydrogen (secondary N) is 3. The number of methoxy groups -OCH3 is 1. The topological polar surface area (TPSA) is 78.5 Å². The summed E-state index contributed by atoms with van der Waals surface area (Å²) in [6.07, 6.45) is 8.47. The zero-order chi connectivity index (χ0) is 19.8. The second-order valence-electron chi connectivity index (χ2n) is 6.29. The summed E-state index contributed by atoms with van der Waals surface area (Å²) in [6.45, 7) is 2.18. The van der Waals surface area contributed by atoms with Gasteiger partial charge in [-0.3, -0.25) is 10.2 Å². The van der Waals surface area contributed by atoms with Crippen molar-refractivity contribution in [3.8, 4) is 5.75 Å². The van der Waals surface area contributed by atoms with Gasteiger partial charge in [0.25, 0.3) is 0 Å². The predicted octanol–water partition coefficient (Wildman–Crippen LogP) is 3.97. The molecule has 1 aromatic heterocycles. The average molecular weight is 376 g/mol. The molecule has 2 heterocycles. The number of carbonyl (C=O) groups excluding carboxylic acids is 1. The van der Waals surface area contributed by atoms with Gasteiger partial charge in [0.2, 0.25) is 5.91 Å². The summed E-state index contributed by atoms with van der Waals surface area (Å²) in [5.41, 5.74) is 7.43. The van der Waals surface area contributed by atoms with E-state index < -0.39 is 0 Å². The molecule has 0 saturated heterocycles. The number of hydrazone groups is 1. The molecule has 6 nitrogen and oxygen atoms in total. The molecule has 1 aliphatic rings. The van der Waals surface area contributed by atoms with E-state index in [0.29, 0.717) is 6.54 Å². The fourth-order valence-corrected chi connectivity index (χ4v) is 2.91. The molecule has 3 N–H and O–H groups in total. The first kappa shape index (κ1) is 19.2. The van der Waals surface area contributed by atoms with E-state index in [-0.39, 0.29) is 5.91 Å². The van der Waals surface area contributed by atoms with Crippen LogP contribution >= 0.6 is 0 Å². The highest BCUT2D eigenvalue weighted by atomic mass is 16.5. The summed E-state index contributed by atoms with van der Waals surface area (Å²) < 4.78 is 5.21. The Morgan fingerprint density at radius 1 is 1.21 bits per heavy atom. The number of allylic oxidation sites excluding steroid dienone is 1. The van der Waals surface area contributed by atoms with Crippen LogP contribution in [0.5, 0.6) is 5.75 Å². The fourth-order valence-electron chi connectivity index (χ4n) is 2.91. The van der Waals surface area contributed by atoms with Crippen molar-refractivity contribution in [2.45, 2.75) is 13.3 Å². The minimum atomic E-state index is 0.00224. The van der Waals surface area contributed by atoms with Crippen molar-refractivity contribution in [2.75, 3.05) is 19.1 Å². The molecule has 1 aliphatic heterocycles. The number of hydrogen-bond donors (Lipinski definition) is 3. The van der Waals surface area contributed by atoms with Gasteiger partial charge in [-0.15, -0.1) is 0 Å². The second kappa shape index (κ2) is 9.41. The van der Waals surface area contributed by atoms with E-state index in [9.17, 15) is 4.79 Å². The molecule has 4 rings (SSSR count). The SMILES string of the molecule is C1=Cc2ccccc2NN=C1.COc1ccc2[nH]cc(CCNC(C)=O)c2c1. The lowest BCUT2D eigenvalue weighted by Gasteiger charge is -2.03. The Kier molecular flexibility index (Phi) is 6.46. The third kappa shape index (κ3) is 5.01. The third-order valence-electron chi connectivity index (χ3n) is 4.33. The Morgan fingerprint density at radius 2 is 2.07 bits per heavy atom. The number of anilines is 1. The quantitative estimate of drug-likeness (QED) is 0.645. The maximum absolute atomic E-state index is 10.8. The molecule has 6 heteroatoms. The van der Waals surface area contributed by atoms with Gasteiger partial charge in [0.15, 0.2) is 0 Å². The van der Waals surface area contributed by atoms with E-state index in [0.717, 1.165) is 28.8 Å². The molecule has 3 aromatic rings. The number of para-hydroxylation sites is 1. The molecule has 2 aromatic carbocycles. The molecule has 0 saturated carbocycles. The molecule has 0 aliphatic carbocycles. The number of carbonyl (C=O) groups is 1. The molecule has 144 valence electrons. The van der Waals surface area contributed by atoms with Crippen molar-refractivity contribution in [1.82, 2.24) is 10.3 Å². The van der Waals surface area contributed by atoms with Crippen molar-refractivity contribution < 1.29 is 9.53 Å². The monoisotopic (exact) mass is 376 g/mol. The Labute approximate surface area is 164 Å². The fraction of sp³-hybridized carbons (Fsp3) is 0.182. The van der Waals surface area contributed by atoms with Crippen molar-refractivity contribution >= 4 is 34.8 Å². The van der Waals surface area contributed by atoms with Gasteiger partial charge >= 0.3 is 0 Å². The second-order valence-corrected chi connectivity index (χ2v) is 6.29. The zero-order valence-electron chi connectivity index (χ0n) is 16.0.